The molecule has 0 aliphatic carbocycles. The number of anilines is 1. The first kappa shape index (κ1) is 20.5. The number of carbonyl (C=O) groups excluding carboxylic acids is 2. The van der Waals surface area contributed by atoms with Crippen molar-refractivity contribution < 1.29 is 9.59 Å². The maximum absolute atomic E-state index is 12.7. The fourth-order valence-electron chi connectivity index (χ4n) is 3.30. The lowest BCUT2D eigenvalue weighted by atomic mass is 10.1. The molecule has 4 rings (SSSR count). The van der Waals surface area contributed by atoms with Crippen molar-refractivity contribution in [3.05, 3.63) is 82.0 Å². The van der Waals surface area contributed by atoms with Crippen LogP contribution in [0.1, 0.15) is 22.4 Å². The standard InChI is InChI=1S/C22H21ClN4O2S/c23-18-9-5-4-8-16(18)10-20(28)25-22-17-13-30-14-19(17)26-27(22)12-21(29)24-11-15-6-2-1-3-7-15/h1-9H,10-14H2,(H,24,29)(H,25,28). The van der Waals surface area contributed by atoms with E-state index in [2.05, 4.69) is 15.7 Å². The number of halogens is 1. The summed E-state index contributed by atoms with van der Waals surface area (Å²) in [4.78, 5) is 25.1. The average Bonchev–Trinajstić information content (AvgIpc) is 3.32. The molecule has 1 aromatic heterocycles. The molecule has 0 saturated carbocycles. The molecule has 2 amide bonds. The van der Waals surface area contributed by atoms with Crippen LogP contribution in [0.15, 0.2) is 54.6 Å². The van der Waals surface area contributed by atoms with E-state index in [1.54, 1.807) is 22.5 Å². The number of nitrogens with one attached hydrogen (secondary N) is 2. The van der Waals surface area contributed by atoms with Crippen LogP contribution in [0.3, 0.4) is 0 Å². The fraction of sp³-hybridized carbons (Fsp3) is 0.227. The molecule has 1 aliphatic rings. The van der Waals surface area contributed by atoms with Gasteiger partial charge in [0.15, 0.2) is 0 Å². The number of aromatic nitrogens is 2. The number of hydrogen-bond donors (Lipinski definition) is 2. The number of hydrogen-bond acceptors (Lipinski definition) is 4. The van der Waals surface area contributed by atoms with Crippen molar-refractivity contribution in [3.63, 3.8) is 0 Å². The summed E-state index contributed by atoms with van der Waals surface area (Å²) < 4.78 is 1.59. The van der Waals surface area contributed by atoms with E-state index in [-0.39, 0.29) is 24.8 Å². The number of thioether (sulfide) groups is 1. The second kappa shape index (κ2) is 9.36. The predicted molar refractivity (Wildman–Crippen MR) is 119 cm³/mol. The van der Waals surface area contributed by atoms with Gasteiger partial charge in [0.1, 0.15) is 12.4 Å². The van der Waals surface area contributed by atoms with Gasteiger partial charge in [0.25, 0.3) is 0 Å². The highest BCUT2D eigenvalue weighted by molar-refractivity contribution is 7.98. The van der Waals surface area contributed by atoms with Gasteiger partial charge in [-0.25, -0.2) is 4.68 Å². The van der Waals surface area contributed by atoms with Crippen LogP contribution in [0.4, 0.5) is 5.82 Å². The van der Waals surface area contributed by atoms with E-state index >= 15 is 0 Å². The molecule has 0 fully saturated rings. The van der Waals surface area contributed by atoms with Crippen molar-refractivity contribution in [2.24, 2.45) is 0 Å². The van der Waals surface area contributed by atoms with Crippen LogP contribution < -0.4 is 10.6 Å². The SMILES string of the molecule is O=C(Cn1nc2c(c1NC(=O)Cc1ccccc1Cl)CSC2)NCc1ccccc1. The largest absolute Gasteiger partial charge is 0.350 e. The molecule has 6 nitrogen and oxygen atoms in total. The van der Waals surface area contributed by atoms with Crippen molar-refractivity contribution >= 4 is 41.0 Å². The van der Waals surface area contributed by atoms with E-state index in [4.69, 9.17) is 11.6 Å². The molecule has 0 spiro atoms. The zero-order valence-corrected chi connectivity index (χ0v) is 17.8. The van der Waals surface area contributed by atoms with E-state index in [9.17, 15) is 9.59 Å². The Morgan fingerprint density at radius 2 is 1.80 bits per heavy atom. The van der Waals surface area contributed by atoms with Gasteiger partial charge in [-0.3, -0.25) is 9.59 Å². The van der Waals surface area contributed by atoms with Gasteiger partial charge in [0.05, 0.1) is 12.1 Å². The molecule has 8 heteroatoms. The smallest absolute Gasteiger partial charge is 0.242 e. The van der Waals surface area contributed by atoms with Gasteiger partial charge in [0, 0.05) is 28.6 Å². The quantitative estimate of drug-likeness (QED) is 0.586. The summed E-state index contributed by atoms with van der Waals surface area (Å²) in [6, 6.07) is 17.0. The van der Waals surface area contributed by atoms with Gasteiger partial charge in [-0.05, 0) is 17.2 Å². The minimum atomic E-state index is -0.186. The Morgan fingerprint density at radius 3 is 2.60 bits per heavy atom. The van der Waals surface area contributed by atoms with Crippen LogP contribution in [0.5, 0.6) is 0 Å². The Hall–Kier alpha value is -2.77. The predicted octanol–water partition coefficient (Wildman–Crippen LogP) is 3.78. The summed E-state index contributed by atoms with van der Waals surface area (Å²) in [5.41, 5.74) is 3.69. The first-order valence-corrected chi connectivity index (χ1v) is 11.1. The molecule has 2 heterocycles. The maximum atomic E-state index is 12.7. The molecule has 0 saturated heterocycles. The molecule has 0 radical (unpaired) electrons. The van der Waals surface area contributed by atoms with Gasteiger partial charge >= 0.3 is 0 Å². The van der Waals surface area contributed by atoms with Crippen molar-refractivity contribution in [2.45, 2.75) is 31.0 Å². The summed E-state index contributed by atoms with van der Waals surface area (Å²) in [5, 5.41) is 11.0. The van der Waals surface area contributed by atoms with Crippen LogP contribution in [-0.4, -0.2) is 21.6 Å². The number of rotatable bonds is 7. The van der Waals surface area contributed by atoms with E-state index < -0.39 is 0 Å². The molecule has 1 aliphatic heterocycles. The molecular weight excluding hydrogens is 420 g/mol. The summed E-state index contributed by atoms with van der Waals surface area (Å²) in [5.74, 6) is 1.80. The molecule has 2 N–H and O–H groups in total. The normalized spacial score (nSPS) is 12.4. The van der Waals surface area contributed by atoms with Gasteiger partial charge in [-0.1, -0.05) is 60.1 Å². The highest BCUT2D eigenvalue weighted by Crippen LogP contribution is 2.34. The molecule has 30 heavy (non-hydrogen) atoms. The molecule has 2 aromatic carbocycles. The zero-order valence-electron chi connectivity index (χ0n) is 16.2. The van der Waals surface area contributed by atoms with Crippen LogP contribution in [0.25, 0.3) is 0 Å². The molecular formula is C22H21ClN4O2S. The second-order valence-corrected chi connectivity index (χ2v) is 8.40. The lowest BCUT2D eigenvalue weighted by Crippen LogP contribution is -2.29. The molecule has 3 aromatic rings. The van der Waals surface area contributed by atoms with Crippen LogP contribution >= 0.6 is 23.4 Å². The molecule has 0 atom stereocenters. The van der Waals surface area contributed by atoms with E-state index in [1.165, 1.54) is 0 Å². The maximum Gasteiger partial charge on any atom is 0.242 e. The van der Waals surface area contributed by atoms with Gasteiger partial charge in [0.2, 0.25) is 11.8 Å². The minimum absolute atomic E-state index is 0.0478. The molecule has 154 valence electrons. The summed E-state index contributed by atoms with van der Waals surface area (Å²) in [6.07, 6.45) is 0.160. The Bertz CT molecular complexity index is 1070. The monoisotopic (exact) mass is 440 g/mol. The Kier molecular flexibility index (Phi) is 6.40. The van der Waals surface area contributed by atoms with E-state index in [0.29, 0.717) is 17.4 Å². The minimum Gasteiger partial charge on any atom is -0.350 e. The lowest BCUT2D eigenvalue weighted by molar-refractivity contribution is -0.122. The number of amides is 2. The van der Waals surface area contributed by atoms with Gasteiger partial charge < -0.3 is 10.6 Å². The average molecular weight is 441 g/mol. The number of fused-ring (bicyclic) bond motifs is 1. The Balaban J connectivity index is 1.44. The summed E-state index contributed by atoms with van der Waals surface area (Å²) in [6.45, 7) is 0.497. The number of benzene rings is 2. The first-order chi connectivity index (χ1) is 14.6. The first-order valence-electron chi connectivity index (χ1n) is 9.60. The van der Waals surface area contributed by atoms with Crippen LogP contribution in [-0.2, 0) is 40.6 Å². The summed E-state index contributed by atoms with van der Waals surface area (Å²) in [7, 11) is 0. The molecule has 0 unspecified atom stereocenters. The summed E-state index contributed by atoms with van der Waals surface area (Å²) >= 11 is 7.92. The van der Waals surface area contributed by atoms with Crippen LogP contribution in [0, 0.1) is 0 Å². The fourth-order valence-corrected chi connectivity index (χ4v) is 4.54. The van der Waals surface area contributed by atoms with Crippen molar-refractivity contribution in [1.82, 2.24) is 15.1 Å². The van der Waals surface area contributed by atoms with Crippen molar-refractivity contribution in [3.8, 4) is 0 Å². The van der Waals surface area contributed by atoms with Crippen molar-refractivity contribution in [1.29, 1.82) is 0 Å². The van der Waals surface area contributed by atoms with E-state index in [0.717, 1.165) is 33.9 Å². The third-order valence-corrected chi connectivity index (χ3v) is 6.15. The van der Waals surface area contributed by atoms with Crippen LogP contribution in [0.2, 0.25) is 5.02 Å². The van der Waals surface area contributed by atoms with Gasteiger partial charge in [-0.2, -0.15) is 16.9 Å². The highest BCUT2D eigenvalue weighted by Gasteiger charge is 2.25. The molecule has 0 bridgehead atoms. The third kappa shape index (κ3) is 4.86. The number of carbonyl (C=O) groups is 2. The zero-order chi connectivity index (χ0) is 20.9. The second-order valence-electron chi connectivity index (χ2n) is 7.00. The Morgan fingerprint density at radius 1 is 1.03 bits per heavy atom. The number of nitrogens with zero attached hydrogens (tertiary/aromatic N) is 2. The Labute approximate surface area is 184 Å². The van der Waals surface area contributed by atoms with Gasteiger partial charge in [-0.15, -0.1) is 0 Å². The topological polar surface area (TPSA) is 76.0 Å². The van der Waals surface area contributed by atoms with E-state index in [1.807, 2.05) is 48.5 Å². The lowest BCUT2D eigenvalue weighted by Gasteiger charge is -2.12. The highest BCUT2D eigenvalue weighted by atomic mass is 35.5. The van der Waals surface area contributed by atoms with Crippen molar-refractivity contribution in [2.75, 3.05) is 5.32 Å². The third-order valence-electron chi connectivity index (χ3n) is 4.81.